The summed E-state index contributed by atoms with van der Waals surface area (Å²) in [6.45, 7) is 4.15. The van der Waals surface area contributed by atoms with E-state index in [0.717, 1.165) is 24.1 Å². The van der Waals surface area contributed by atoms with E-state index in [0.29, 0.717) is 11.6 Å². The van der Waals surface area contributed by atoms with Gasteiger partial charge in [-0.25, -0.2) is 4.98 Å². The Labute approximate surface area is 128 Å². The summed E-state index contributed by atoms with van der Waals surface area (Å²) in [6, 6.07) is 4.23. The van der Waals surface area contributed by atoms with Crippen LogP contribution in [0.5, 0.6) is 0 Å². The van der Waals surface area contributed by atoms with Gasteiger partial charge in [-0.15, -0.1) is 0 Å². The third-order valence-corrected chi connectivity index (χ3v) is 4.78. The minimum atomic E-state index is 0.119. The highest BCUT2D eigenvalue weighted by Crippen LogP contribution is 2.21. The highest BCUT2D eigenvalue weighted by Gasteiger charge is 2.29. The molecule has 1 amide bonds. The molecule has 5 heteroatoms. The van der Waals surface area contributed by atoms with Crippen molar-refractivity contribution in [1.29, 1.82) is 0 Å². The number of amides is 1. The second-order valence-corrected chi connectivity index (χ2v) is 6.47. The molecule has 2 aliphatic heterocycles. The molecule has 0 saturated carbocycles. The molecule has 4 nitrogen and oxygen atoms in total. The zero-order chi connectivity index (χ0) is 13.9. The predicted molar refractivity (Wildman–Crippen MR) is 81.7 cm³/mol. The fourth-order valence-electron chi connectivity index (χ4n) is 3.23. The number of pyridine rings is 1. The van der Waals surface area contributed by atoms with Crippen LogP contribution in [0, 0.1) is 0 Å². The Balaban J connectivity index is 1.66. The van der Waals surface area contributed by atoms with Crippen LogP contribution in [-0.4, -0.2) is 52.9 Å². The second-order valence-electron chi connectivity index (χ2n) is 5.66. The van der Waals surface area contributed by atoms with Crippen molar-refractivity contribution < 1.29 is 4.79 Å². The lowest BCUT2D eigenvalue weighted by atomic mass is 10.0. The molecule has 1 aromatic rings. The molecule has 1 atom stereocenters. The van der Waals surface area contributed by atoms with E-state index in [4.69, 9.17) is 0 Å². The van der Waals surface area contributed by atoms with Gasteiger partial charge in [0.2, 0.25) is 0 Å². The maximum Gasteiger partial charge on any atom is 0.255 e. The third kappa shape index (κ3) is 3.04. The molecular formula is C15H20BrN3O. The zero-order valence-corrected chi connectivity index (χ0v) is 13.2. The Morgan fingerprint density at radius 3 is 2.70 bits per heavy atom. The molecule has 20 heavy (non-hydrogen) atoms. The molecule has 3 rings (SSSR count). The van der Waals surface area contributed by atoms with E-state index in [1.54, 1.807) is 6.20 Å². The Hall–Kier alpha value is -0.940. The molecule has 0 N–H and O–H groups in total. The first-order valence-corrected chi connectivity index (χ1v) is 8.18. The number of halogens is 1. The molecule has 1 unspecified atom stereocenters. The Morgan fingerprint density at radius 2 is 2.00 bits per heavy atom. The van der Waals surface area contributed by atoms with Gasteiger partial charge >= 0.3 is 0 Å². The standard InChI is InChI=1S/C15H20BrN3O/c16-14-6-5-12(10-17-14)15(20)19-9-3-4-13(11-19)18-7-1-2-8-18/h5-6,10,13H,1-4,7-9,11H2. The van der Waals surface area contributed by atoms with Gasteiger partial charge in [0, 0.05) is 25.3 Å². The molecule has 108 valence electrons. The maximum atomic E-state index is 12.5. The highest BCUT2D eigenvalue weighted by atomic mass is 79.9. The van der Waals surface area contributed by atoms with E-state index in [1.807, 2.05) is 17.0 Å². The van der Waals surface area contributed by atoms with E-state index in [2.05, 4.69) is 25.8 Å². The van der Waals surface area contributed by atoms with Gasteiger partial charge < -0.3 is 4.90 Å². The number of rotatable bonds is 2. The molecule has 2 fully saturated rings. The van der Waals surface area contributed by atoms with Crippen LogP contribution >= 0.6 is 15.9 Å². The van der Waals surface area contributed by atoms with Crippen molar-refractivity contribution in [3.05, 3.63) is 28.5 Å². The summed E-state index contributed by atoms with van der Waals surface area (Å²) in [6.07, 6.45) is 6.60. The normalized spacial score (nSPS) is 24.1. The van der Waals surface area contributed by atoms with E-state index in [9.17, 15) is 4.79 Å². The van der Waals surface area contributed by atoms with E-state index in [1.165, 1.54) is 32.4 Å². The predicted octanol–water partition coefficient (Wildman–Crippen LogP) is 2.54. The number of carbonyl (C=O) groups excluding carboxylic acids is 1. The van der Waals surface area contributed by atoms with Crippen molar-refractivity contribution in [2.45, 2.75) is 31.7 Å². The number of hydrogen-bond acceptors (Lipinski definition) is 3. The van der Waals surface area contributed by atoms with Crippen LogP contribution in [0.25, 0.3) is 0 Å². The number of likely N-dealkylation sites (tertiary alicyclic amines) is 2. The lowest BCUT2D eigenvalue weighted by Gasteiger charge is -2.37. The van der Waals surface area contributed by atoms with Crippen LogP contribution in [0.2, 0.25) is 0 Å². The van der Waals surface area contributed by atoms with Gasteiger partial charge in [0.25, 0.3) is 5.91 Å². The fourth-order valence-corrected chi connectivity index (χ4v) is 3.46. The second kappa shape index (κ2) is 6.22. The Kier molecular flexibility index (Phi) is 4.36. The minimum Gasteiger partial charge on any atom is -0.337 e. The molecule has 0 aromatic carbocycles. The molecule has 3 heterocycles. The Morgan fingerprint density at radius 1 is 1.20 bits per heavy atom. The van der Waals surface area contributed by atoms with Crippen molar-refractivity contribution in [1.82, 2.24) is 14.8 Å². The summed E-state index contributed by atoms with van der Waals surface area (Å²) in [5.41, 5.74) is 0.690. The molecule has 0 radical (unpaired) electrons. The first-order chi connectivity index (χ1) is 9.74. The van der Waals surface area contributed by atoms with Gasteiger partial charge in [-0.05, 0) is 66.8 Å². The number of nitrogens with zero attached hydrogens (tertiary/aromatic N) is 3. The molecule has 2 aliphatic rings. The van der Waals surface area contributed by atoms with Gasteiger partial charge in [-0.3, -0.25) is 9.69 Å². The summed E-state index contributed by atoms with van der Waals surface area (Å²) < 4.78 is 0.766. The monoisotopic (exact) mass is 337 g/mol. The molecule has 0 bridgehead atoms. The van der Waals surface area contributed by atoms with Gasteiger partial charge in [-0.2, -0.15) is 0 Å². The van der Waals surface area contributed by atoms with Gasteiger partial charge in [-0.1, -0.05) is 0 Å². The quantitative estimate of drug-likeness (QED) is 0.778. The number of hydrogen-bond donors (Lipinski definition) is 0. The average Bonchev–Trinajstić information content (AvgIpc) is 3.02. The van der Waals surface area contributed by atoms with Crippen molar-refractivity contribution in [2.75, 3.05) is 26.2 Å². The van der Waals surface area contributed by atoms with Crippen LogP contribution in [0.15, 0.2) is 22.9 Å². The smallest absolute Gasteiger partial charge is 0.255 e. The van der Waals surface area contributed by atoms with Gasteiger partial charge in [0.1, 0.15) is 4.60 Å². The van der Waals surface area contributed by atoms with Crippen LogP contribution in [-0.2, 0) is 0 Å². The lowest BCUT2D eigenvalue weighted by molar-refractivity contribution is 0.0607. The van der Waals surface area contributed by atoms with Crippen molar-refractivity contribution in [2.24, 2.45) is 0 Å². The molecule has 0 spiro atoms. The van der Waals surface area contributed by atoms with E-state index in [-0.39, 0.29) is 5.91 Å². The van der Waals surface area contributed by atoms with Crippen LogP contribution < -0.4 is 0 Å². The summed E-state index contributed by atoms with van der Waals surface area (Å²) in [5, 5.41) is 0. The van der Waals surface area contributed by atoms with Crippen LogP contribution in [0.4, 0.5) is 0 Å². The van der Waals surface area contributed by atoms with Gasteiger partial charge in [0.05, 0.1) is 5.56 Å². The number of carbonyl (C=O) groups is 1. The molecular weight excluding hydrogens is 318 g/mol. The summed E-state index contributed by atoms with van der Waals surface area (Å²) in [4.78, 5) is 21.2. The zero-order valence-electron chi connectivity index (χ0n) is 11.6. The van der Waals surface area contributed by atoms with Crippen molar-refractivity contribution >= 4 is 21.8 Å². The average molecular weight is 338 g/mol. The lowest BCUT2D eigenvalue weighted by Crippen LogP contribution is -2.49. The van der Waals surface area contributed by atoms with E-state index >= 15 is 0 Å². The molecule has 2 saturated heterocycles. The first-order valence-electron chi connectivity index (χ1n) is 7.39. The maximum absolute atomic E-state index is 12.5. The fraction of sp³-hybridized carbons (Fsp3) is 0.600. The van der Waals surface area contributed by atoms with Crippen LogP contribution in [0.1, 0.15) is 36.0 Å². The highest BCUT2D eigenvalue weighted by molar-refractivity contribution is 9.10. The first kappa shape index (κ1) is 14.0. The van der Waals surface area contributed by atoms with Crippen molar-refractivity contribution in [3.63, 3.8) is 0 Å². The largest absolute Gasteiger partial charge is 0.337 e. The SMILES string of the molecule is O=C(c1ccc(Br)nc1)N1CCCC(N2CCCC2)C1. The van der Waals surface area contributed by atoms with E-state index < -0.39 is 0 Å². The Bertz CT molecular complexity index is 471. The number of aromatic nitrogens is 1. The van der Waals surface area contributed by atoms with Crippen LogP contribution in [0.3, 0.4) is 0 Å². The minimum absolute atomic E-state index is 0.119. The third-order valence-electron chi connectivity index (χ3n) is 4.32. The summed E-state index contributed by atoms with van der Waals surface area (Å²) >= 11 is 3.30. The molecule has 1 aromatic heterocycles. The summed E-state index contributed by atoms with van der Waals surface area (Å²) in [7, 11) is 0. The molecule has 0 aliphatic carbocycles. The summed E-state index contributed by atoms with van der Waals surface area (Å²) in [5.74, 6) is 0.119. The van der Waals surface area contributed by atoms with Crippen molar-refractivity contribution in [3.8, 4) is 0 Å². The topological polar surface area (TPSA) is 36.4 Å². The number of piperidine rings is 1. The van der Waals surface area contributed by atoms with Gasteiger partial charge in [0.15, 0.2) is 0 Å².